The Balaban J connectivity index is 1.67. The molecule has 1 aliphatic carbocycles. The maximum Gasteiger partial charge on any atom is 0.0729 e. The van der Waals surface area contributed by atoms with Gasteiger partial charge in [-0.25, -0.2) is 0 Å². The molecule has 2 saturated heterocycles. The molecule has 0 bridgehead atoms. The molecule has 0 radical (unpaired) electrons. The molecule has 110 valence electrons. The van der Waals surface area contributed by atoms with Crippen molar-refractivity contribution >= 4 is 0 Å². The number of nitrogens with one attached hydrogen (secondary N) is 1. The second-order valence-electron chi connectivity index (χ2n) is 7.51. The summed E-state index contributed by atoms with van der Waals surface area (Å²) in [5.41, 5.74) is 0.685. The number of rotatable bonds is 3. The molecule has 3 atom stereocenters. The van der Waals surface area contributed by atoms with E-state index >= 15 is 0 Å². The third-order valence-corrected chi connectivity index (χ3v) is 5.80. The molecule has 2 aliphatic heterocycles. The molecular weight excluding hydrogens is 238 g/mol. The standard InChI is InChI=1S/C16H29NO2/c1-15(2)11-13(15)14(17-3)12-4-7-19-16(10-12)5-8-18-9-6-16/h12-14,17H,4-11H2,1-3H3. The monoisotopic (exact) mass is 267 g/mol. The molecule has 3 heteroatoms. The van der Waals surface area contributed by atoms with E-state index in [9.17, 15) is 0 Å². The molecule has 0 aromatic heterocycles. The highest BCUT2D eigenvalue weighted by Gasteiger charge is 2.53. The fourth-order valence-electron chi connectivity index (χ4n) is 4.35. The maximum absolute atomic E-state index is 6.18. The molecule has 3 unspecified atom stereocenters. The van der Waals surface area contributed by atoms with Crippen molar-refractivity contribution in [3.05, 3.63) is 0 Å². The van der Waals surface area contributed by atoms with Crippen molar-refractivity contribution in [2.75, 3.05) is 26.9 Å². The molecule has 0 aromatic carbocycles. The first-order valence-electron chi connectivity index (χ1n) is 7.95. The van der Waals surface area contributed by atoms with E-state index in [1.54, 1.807) is 0 Å². The van der Waals surface area contributed by atoms with Gasteiger partial charge in [-0.05, 0) is 56.4 Å². The lowest BCUT2D eigenvalue weighted by Crippen LogP contribution is -2.49. The van der Waals surface area contributed by atoms with Gasteiger partial charge < -0.3 is 14.8 Å². The smallest absolute Gasteiger partial charge is 0.0729 e. The first-order valence-corrected chi connectivity index (χ1v) is 7.95. The molecule has 3 nitrogen and oxygen atoms in total. The van der Waals surface area contributed by atoms with Crippen LogP contribution in [0.5, 0.6) is 0 Å². The van der Waals surface area contributed by atoms with Crippen LogP contribution < -0.4 is 5.32 Å². The SMILES string of the molecule is CNC(C1CCOC2(CCOCC2)C1)C1CC1(C)C. The van der Waals surface area contributed by atoms with Gasteiger partial charge in [-0.1, -0.05) is 13.8 Å². The molecule has 2 heterocycles. The largest absolute Gasteiger partial charge is 0.381 e. The fraction of sp³-hybridized carbons (Fsp3) is 1.00. The van der Waals surface area contributed by atoms with Gasteiger partial charge in [0.1, 0.15) is 0 Å². The summed E-state index contributed by atoms with van der Waals surface area (Å²) in [6.07, 6.45) is 6.02. The van der Waals surface area contributed by atoms with Crippen LogP contribution in [0.1, 0.15) is 46.0 Å². The van der Waals surface area contributed by atoms with Gasteiger partial charge >= 0.3 is 0 Å². The fourth-order valence-corrected chi connectivity index (χ4v) is 4.35. The lowest BCUT2D eigenvalue weighted by atomic mass is 9.76. The van der Waals surface area contributed by atoms with E-state index in [4.69, 9.17) is 9.47 Å². The van der Waals surface area contributed by atoms with Crippen LogP contribution in [0, 0.1) is 17.3 Å². The highest BCUT2D eigenvalue weighted by Crippen LogP contribution is 2.56. The van der Waals surface area contributed by atoms with Crippen molar-refractivity contribution in [2.24, 2.45) is 17.3 Å². The van der Waals surface area contributed by atoms with Crippen molar-refractivity contribution in [1.29, 1.82) is 0 Å². The normalized spacial score (nSPS) is 38.1. The van der Waals surface area contributed by atoms with Crippen molar-refractivity contribution in [1.82, 2.24) is 5.32 Å². The minimum Gasteiger partial charge on any atom is -0.381 e. The Morgan fingerprint density at radius 1 is 1.11 bits per heavy atom. The Kier molecular flexibility index (Phi) is 3.65. The van der Waals surface area contributed by atoms with Gasteiger partial charge in [-0.15, -0.1) is 0 Å². The lowest BCUT2D eigenvalue weighted by Gasteiger charge is -2.45. The van der Waals surface area contributed by atoms with Gasteiger partial charge in [0.15, 0.2) is 0 Å². The second kappa shape index (κ2) is 5.01. The topological polar surface area (TPSA) is 30.5 Å². The third kappa shape index (κ3) is 2.70. The summed E-state index contributed by atoms with van der Waals surface area (Å²) in [7, 11) is 2.14. The van der Waals surface area contributed by atoms with Crippen molar-refractivity contribution in [2.45, 2.75) is 57.6 Å². The van der Waals surface area contributed by atoms with Gasteiger partial charge in [0.25, 0.3) is 0 Å². The summed E-state index contributed by atoms with van der Waals surface area (Å²) in [6.45, 7) is 7.52. The van der Waals surface area contributed by atoms with Crippen LogP contribution in [-0.4, -0.2) is 38.5 Å². The van der Waals surface area contributed by atoms with Gasteiger partial charge in [0, 0.05) is 25.9 Å². The quantitative estimate of drug-likeness (QED) is 0.852. The van der Waals surface area contributed by atoms with Crippen LogP contribution in [0.15, 0.2) is 0 Å². The van der Waals surface area contributed by atoms with Gasteiger partial charge in [-0.2, -0.15) is 0 Å². The van der Waals surface area contributed by atoms with Crippen LogP contribution in [0.2, 0.25) is 0 Å². The maximum atomic E-state index is 6.18. The minimum absolute atomic E-state index is 0.134. The Bertz CT molecular complexity index is 317. The van der Waals surface area contributed by atoms with Gasteiger partial charge in [0.05, 0.1) is 5.60 Å². The Morgan fingerprint density at radius 2 is 1.79 bits per heavy atom. The molecule has 0 amide bonds. The average molecular weight is 267 g/mol. The van der Waals surface area contributed by atoms with E-state index in [-0.39, 0.29) is 5.60 Å². The molecule has 3 aliphatic rings. The molecule has 1 spiro atoms. The summed E-state index contributed by atoms with van der Waals surface area (Å²) in [4.78, 5) is 0. The van der Waals surface area contributed by atoms with Crippen LogP contribution in [0.3, 0.4) is 0 Å². The van der Waals surface area contributed by atoms with E-state index in [0.29, 0.717) is 11.5 Å². The van der Waals surface area contributed by atoms with Crippen molar-refractivity contribution < 1.29 is 9.47 Å². The van der Waals surface area contributed by atoms with E-state index in [2.05, 4.69) is 26.2 Å². The Labute approximate surface area is 117 Å². The highest BCUT2D eigenvalue weighted by molar-refractivity contribution is 5.05. The van der Waals surface area contributed by atoms with Gasteiger partial charge in [0.2, 0.25) is 0 Å². The number of ether oxygens (including phenoxy) is 2. The summed E-state index contributed by atoms with van der Waals surface area (Å²) < 4.78 is 11.7. The molecule has 3 rings (SSSR count). The van der Waals surface area contributed by atoms with Crippen LogP contribution in [0.4, 0.5) is 0 Å². The number of hydrogen-bond acceptors (Lipinski definition) is 3. The lowest BCUT2D eigenvalue weighted by molar-refractivity contribution is -0.150. The predicted molar refractivity (Wildman–Crippen MR) is 76.2 cm³/mol. The van der Waals surface area contributed by atoms with Crippen molar-refractivity contribution in [3.63, 3.8) is 0 Å². The molecule has 1 saturated carbocycles. The number of hydrogen-bond donors (Lipinski definition) is 1. The molecule has 0 aromatic rings. The summed E-state index contributed by atoms with van der Waals surface area (Å²) in [5, 5.41) is 3.62. The van der Waals surface area contributed by atoms with Crippen molar-refractivity contribution in [3.8, 4) is 0 Å². The second-order valence-corrected chi connectivity index (χ2v) is 7.51. The van der Waals surface area contributed by atoms with E-state index in [0.717, 1.165) is 44.5 Å². The van der Waals surface area contributed by atoms with Crippen LogP contribution in [0.25, 0.3) is 0 Å². The zero-order chi connectivity index (χ0) is 13.5. The summed E-state index contributed by atoms with van der Waals surface area (Å²) >= 11 is 0. The molecular formula is C16H29NO2. The van der Waals surface area contributed by atoms with Gasteiger partial charge in [-0.3, -0.25) is 0 Å². The Hall–Kier alpha value is -0.120. The van der Waals surface area contributed by atoms with E-state index < -0.39 is 0 Å². The zero-order valence-electron chi connectivity index (χ0n) is 12.7. The minimum atomic E-state index is 0.134. The zero-order valence-corrected chi connectivity index (χ0v) is 12.7. The summed E-state index contributed by atoms with van der Waals surface area (Å²) in [6, 6.07) is 0.679. The molecule has 3 fully saturated rings. The Morgan fingerprint density at radius 3 is 2.37 bits per heavy atom. The highest BCUT2D eigenvalue weighted by atomic mass is 16.5. The third-order valence-electron chi connectivity index (χ3n) is 5.80. The average Bonchev–Trinajstić information content (AvgIpc) is 3.00. The first-order chi connectivity index (χ1) is 9.06. The molecule has 1 N–H and O–H groups in total. The summed E-state index contributed by atoms with van der Waals surface area (Å²) in [5.74, 6) is 1.64. The molecule has 19 heavy (non-hydrogen) atoms. The predicted octanol–water partition coefficient (Wildman–Crippen LogP) is 2.60. The van der Waals surface area contributed by atoms with E-state index in [1.165, 1.54) is 19.3 Å². The first kappa shape index (κ1) is 13.8. The van der Waals surface area contributed by atoms with E-state index in [1.807, 2.05) is 0 Å². The van der Waals surface area contributed by atoms with Crippen LogP contribution >= 0.6 is 0 Å². The van der Waals surface area contributed by atoms with Crippen LogP contribution in [-0.2, 0) is 9.47 Å².